The molecule has 1 aliphatic heterocycles. The van der Waals surface area contributed by atoms with E-state index in [-0.39, 0.29) is 12.4 Å². The van der Waals surface area contributed by atoms with Crippen LogP contribution in [0.4, 0.5) is 0 Å². The predicted octanol–water partition coefficient (Wildman–Crippen LogP) is 3.75. The summed E-state index contributed by atoms with van der Waals surface area (Å²) in [5.74, 6) is 1.15. The highest BCUT2D eigenvalue weighted by atomic mass is 79.9. The van der Waals surface area contributed by atoms with Gasteiger partial charge in [-0.3, -0.25) is 4.90 Å². The van der Waals surface area contributed by atoms with Crippen LogP contribution in [0.1, 0.15) is 30.7 Å². The summed E-state index contributed by atoms with van der Waals surface area (Å²) in [5.41, 5.74) is 1.91. The van der Waals surface area contributed by atoms with Gasteiger partial charge in [0.25, 0.3) is 0 Å². The molecule has 136 valence electrons. The first kappa shape index (κ1) is 18.9. The van der Waals surface area contributed by atoms with E-state index in [1.54, 1.807) is 0 Å². The zero-order valence-electron chi connectivity index (χ0n) is 14.6. The Balaban J connectivity index is 0.00000182. The van der Waals surface area contributed by atoms with Crippen molar-refractivity contribution in [3.63, 3.8) is 0 Å². The summed E-state index contributed by atoms with van der Waals surface area (Å²) in [7, 11) is 2.09. The second-order valence-electron chi connectivity index (χ2n) is 7.32. The molecule has 2 fully saturated rings. The van der Waals surface area contributed by atoms with Crippen LogP contribution in [-0.4, -0.2) is 33.6 Å². The minimum absolute atomic E-state index is 0. The molecule has 1 aliphatic carbocycles. The van der Waals surface area contributed by atoms with Crippen LogP contribution in [0.25, 0.3) is 0 Å². The molecule has 1 saturated carbocycles. The van der Waals surface area contributed by atoms with E-state index >= 15 is 0 Å². The smallest absolute Gasteiger partial charge is 0.122 e. The van der Waals surface area contributed by atoms with Crippen LogP contribution in [0.3, 0.4) is 0 Å². The molecular formula is C19H26BrClN4. The first-order valence-corrected chi connectivity index (χ1v) is 9.61. The zero-order valence-corrected chi connectivity index (χ0v) is 17.0. The van der Waals surface area contributed by atoms with Gasteiger partial charge in [0.15, 0.2) is 0 Å². The van der Waals surface area contributed by atoms with Crippen molar-refractivity contribution in [3.05, 3.63) is 52.5 Å². The molecule has 1 aromatic carbocycles. The first-order chi connectivity index (χ1) is 11.7. The maximum absolute atomic E-state index is 4.56. The Hall–Kier alpha value is -0.880. The molecule has 1 spiro atoms. The molecule has 0 amide bonds. The van der Waals surface area contributed by atoms with Crippen molar-refractivity contribution in [1.82, 2.24) is 19.8 Å². The molecule has 4 rings (SSSR count). The number of benzene rings is 1. The van der Waals surface area contributed by atoms with Crippen LogP contribution in [0.15, 0.2) is 41.1 Å². The number of nitrogens with zero attached hydrogens (tertiary/aromatic N) is 3. The molecular weight excluding hydrogens is 400 g/mol. The maximum atomic E-state index is 4.56. The van der Waals surface area contributed by atoms with Crippen molar-refractivity contribution >= 4 is 28.3 Å². The Morgan fingerprint density at radius 1 is 1.32 bits per heavy atom. The summed E-state index contributed by atoms with van der Waals surface area (Å²) in [6, 6.07) is 9.38. The number of hydrogen-bond acceptors (Lipinski definition) is 3. The summed E-state index contributed by atoms with van der Waals surface area (Å²) in [6.45, 7) is 4.26. The van der Waals surface area contributed by atoms with E-state index in [0.29, 0.717) is 11.5 Å². The van der Waals surface area contributed by atoms with Gasteiger partial charge in [-0.15, -0.1) is 12.4 Å². The lowest BCUT2D eigenvalue weighted by Gasteiger charge is -2.29. The van der Waals surface area contributed by atoms with Crippen LogP contribution in [0.5, 0.6) is 0 Å². The van der Waals surface area contributed by atoms with Crippen LogP contribution in [-0.2, 0) is 20.1 Å². The largest absolute Gasteiger partial charge is 0.337 e. The van der Waals surface area contributed by atoms with Gasteiger partial charge in [0.1, 0.15) is 5.82 Å². The average Bonchev–Trinajstić information content (AvgIpc) is 3.10. The summed E-state index contributed by atoms with van der Waals surface area (Å²) in [6.07, 6.45) is 7.91. The first-order valence-electron chi connectivity index (χ1n) is 8.82. The quantitative estimate of drug-likeness (QED) is 0.792. The lowest BCUT2D eigenvalue weighted by molar-refractivity contribution is 0.182. The van der Waals surface area contributed by atoms with Gasteiger partial charge in [-0.05, 0) is 55.5 Å². The van der Waals surface area contributed by atoms with E-state index in [1.807, 2.05) is 12.4 Å². The second-order valence-corrected chi connectivity index (χ2v) is 8.24. The number of halogens is 2. The molecule has 0 bridgehead atoms. The Bertz CT molecular complexity index is 711. The zero-order chi connectivity index (χ0) is 16.6. The molecule has 2 heterocycles. The molecule has 4 nitrogen and oxygen atoms in total. The molecule has 1 aromatic heterocycles. The summed E-state index contributed by atoms with van der Waals surface area (Å²) in [4.78, 5) is 7.21. The van der Waals surface area contributed by atoms with Crippen LogP contribution in [0, 0.1) is 5.41 Å². The molecule has 2 aliphatic rings. The maximum Gasteiger partial charge on any atom is 0.122 e. The van der Waals surface area contributed by atoms with E-state index in [4.69, 9.17) is 0 Å². The fourth-order valence-electron chi connectivity index (χ4n) is 4.18. The highest BCUT2D eigenvalue weighted by Crippen LogP contribution is 2.56. The van der Waals surface area contributed by atoms with Crippen molar-refractivity contribution in [2.75, 3.05) is 13.1 Å². The van der Waals surface area contributed by atoms with Gasteiger partial charge in [-0.2, -0.15) is 0 Å². The molecule has 1 atom stereocenters. The van der Waals surface area contributed by atoms with Gasteiger partial charge in [-0.25, -0.2) is 4.98 Å². The Kier molecular flexibility index (Phi) is 5.88. The van der Waals surface area contributed by atoms with E-state index in [2.05, 4.69) is 67.0 Å². The van der Waals surface area contributed by atoms with Crippen molar-refractivity contribution in [2.24, 2.45) is 12.5 Å². The summed E-state index contributed by atoms with van der Waals surface area (Å²) >= 11 is 3.60. The molecule has 1 unspecified atom stereocenters. The third kappa shape index (κ3) is 4.11. The Morgan fingerprint density at radius 3 is 2.80 bits per heavy atom. The average molecular weight is 426 g/mol. The predicted molar refractivity (Wildman–Crippen MR) is 107 cm³/mol. The molecule has 2 aromatic rings. The third-order valence-corrected chi connectivity index (χ3v) is 6.22. The van der Waals surface area contributed by atoms with Crippen molar-refractivity contribution < 1.29 is 0 Å². The minimum Gasteiger partial charge on any atom is -0.337 e. The number of piperidine rings is 1. The van der Waals surface area contributed by atoms with Gasteiger partial charge in [0.2, 0.25) is 0 Å². The van der Waals surface area contributed by atoms with Gasteiger partial charge >= 0.3 is 0 Å². The minimum atomic E-state index is 0. The lowest BCUT2D eigenvalue weighted by Crippen LogP contribution is -2.36. The second kappa shape index (κ2) is 7.78. The lowest BCUT2D eigenvalue weighted by atomic mass is 9.93. The number of aryl methyl sites for hydroxylation is 1. The molecule has 6 heteroatoms. The summed E-state index contributed by atoms with van der Waals surface area (Å²) in [5, 5.41) is 3.51. The number of hydrogen-bond donors (Lipinski definition) is 1. The van der Waals surface area contributed by atoms with Gasteiger partial charge in [0, 0.05) is 36.5 Å². The van der Waals surface area contributed by atoms with Crippen LogP contribution in [0.2, 0.25) is 0 Å². The van der Waals surface area contributed by atoms with E-state index in [9.17, 15) is 0 Å². The standard InChI is InChI=1S/C19H25BrN4.ClH/c1-23-10-9-22-18(23)14-24(13-15-3-2-4-16(20)11-15)17-12-19(17)5-7-21-8-6-19;/h2-4,9-11,17,21H,5-8,12-14H2,1H3;1H. The molecule has 1 N–H and O–H groups in total. The van der Waals surface area contributed by atoms with Crippen molar-refractivity contribution in [2.45, 2.75) is 38.4 Å². The van der Waals surface area contributed by atoms with Gasteiger partial charge < -0.3 is 9.88 Å². The van der Waals surface area contributed by atoms with Crippen LogP contribution >= 0.6 is 28.3 Å². The SMILES string of the molecule is Cl.Cn1ccnc1CN(Cc1cccc(Br)c1)C1CC12CCNCC2. The van der Waals surface area contributed by atoms with Crippen molar-refractivity contribution in [1.29, 1.82) is 0 Å². The van der Waals surface area contributed by atoms with E-state index in [0.717, 1.165) is 23.4 Å². The summed E-state index contributed by atoms with van der Waals surface area (Å²) < 4.78 is 3.30. The number of rotatable bonds is 5. The molecule has 0 radical (unpaired) electrons. The number of nitrogens with one attached hydrogen (secondary N) is 1. The fraction of sp³-hybridized carbons (Fsp3) is 0.526. The van der Waals surface area contributed by atoms with E-state index < -0.39 is 0 Å². The molecule has 1 saturated heterocycles. The number of aromatic nitrogens is 2. The normalized spacial score (nSPS) is 21.3. The highest BCUT2D eigenvalue weighted by molar-refractivity contribution is 9.10. The van der Waals surface area contributed by atoms with Crippen LogP contribution < -0.4 is 5.32 Å². The topological polar surface area (TPSA) is 33.1 Å². The van der Waals surface area contributed by atoms with Gasteiger partial charge in [0.05, 0.1) is 6.54 Å². The van der Waals surface area contributed by atoms with E-state index in [1.165, 1.54) is 37.9 Å². The highest BCUT2D eigenvalue weighted by Gasteiger charge is 2.56. The van der Waals surface area contributed by atoms with Crippen molar-refractivity contribution in [3.8, 4) is 0 Å². The Labute approximate surface area is 164 Å². The number of imidazole rings is 1. The fourth-order valence-corrected chi connectivity index (χ4v) is 4.63. The Morgan fingerprint density at radius 2 is 2.12 bits per heavy atom. The monoisotopic (exact) mass is 424 g/mol. The molecule has 25 heavy (non-hydrogen) atoms. The van der Waals surface area contributed by atoms with Gasteiger partial charge in [-0.1, -0.05) is 28.1 Å². The third-order valence-electron chi connectivity index (χ3n) is 5.73.